The zero-order valence-corrected chi connectivity index (χ0v) is 12.7. The molecule has 2 aromatic rings. The van der Waals surface area contributed by atoms with Gasteiger partial charge in [0.2, 0.25) is 0 Å². The third kappa shape index (κ3) is 2.96. The van der Waals surface area contributed by atoms with Crippen LogP contribution in [0.1, 0.15) is 18.4 Å². The predicted molar refractivity (Wildman–Crippen MR) is 80.5 cm³/mol. The summed E-state index contributed by atoms with van der Waals surface area (Å²) in [5, 5.41) is 0. The van der Waals surface area contributed by atoms with Gasteiger partial charge in [-0.1, -0.05) is 0 Å². The number of halogens is 1. The molecule has 0 spiro atoms. The summed E-state index contributed by atoms with van der Waals surface area (Å²) in [6.07, 6.45) is 6.62. The van der Waals surface area contributed by atoms with E-state index in [0.717, 1.165) is 31.5 Å². The molecule has 2 fully saturated rings. The number of ether oxygens (including phenoxy) is 2. The zero-order valence-electron chi connectivity index (χ0n) is 12.7. The van der Waals surface area contributed by atoms with Gasteiger partial charge in [-0.25, -0.2) is 9.37 Å². The largest absolute Gasteiger partial charge is 0.472 e. The third-order valence-corrected chi connectivity index (χ3v) is 4.60. The van der Waals surface area contributed by atoms with Crippen molar-refractivity contribution >= 4 is 0 Å². The van der Waals surface area contributed by atoms with Gasteiger partial charge in [0, 0.05) is 30.9 Å². The molecule has 0 unspecified atom stereocenters. The predicted octanol–water partition coefficient (Wildman–Crippen LogP) is 2.62. The summed E-state index contributed by atoms with van der Waals surface area (Å²) in [4.78, 5) is 6.38. The second kappa shape index (κ2) is 6.29. The molecule has 23 heavy (non-hydrogen) atoms. The molecule has 0 amide bonds. The smallest absolute Gasteiger partial charge is 0.250 e. The maximum absolute atomic E-state index is 13.7. The normalized spacial score (nSPS) is 27.8. The molecule has 0 aromatic carbocycles. The van der Waals surface area contributed by atoms with Gasteiger partial charge >= 0.3 is 0 Å². The first-order valence-corrected chi connectivity index (χ1v) is 7.95. The first-order chi connectivity index (χ1) is 11.3. The van der Waals surface area contributed by atoms with E-state index in [1.54, 1.807) is 18.6 Å². The van der Waals surface area contributed by atoms with E-state index in [1.807, 2.05) is 6.07 Å². The van der Waals surface area contributed by atoms with E-state index in [-0.39, 0.29) is 24.1 Å². The molecule has 2 aromatic heterocycles. The molecule has 3 atom stereocenters. The van der Waals surface area contributed by atoms with E-state index in [4.69, 9.17) is 13.9 Å². The maximum Gasteiger partial charge on any atom is 0.250 e. The minimum atomic E-state index is -0.429. The van der Waals surface area contributed by atoms with E-state index in [0.29, 0.717) is 6.61 Å². The fraction of sp³-hybridized carbons (Fsp3) is 0.471. The number of hydrogen-bond acceptors (Lipinski definition) is 5. The Morgan fingerprint density at radius 2 is 2.30 bits per heavy atom. The molecule has 1 saturated heterocycles. The van der Waals surface area contributed by atoms with Crippen LogP contribution in [0.3, 0.4) is 0 Å². The number of rotatable bonds is 4. The van der Waals surface area contributed by atoms with Crippen molar-refractivity contribution in [2.45, 2.75) is 37.6 Å². The van der Waals surface area contributed by atoms with Gasteiger partial charge in [0.05, 0.1) is 19.1 Å². The van der Waals surface area contributed by atoms with Gasteiger partial charge in [-0.3, -0.25) is 4.90 Å². The molecule has 2 aliphatic rings. The lowest BCUT2D eigenvalue weighted by molar-refractivity contribution is -0.0927. The fourth-order valence-electron chi connectivity index (χ4n) is 3.53. The van der Waals surface area contributed by atoms with Gasteiger partial charge in [0.25, 0.3) is 5.88 Å². The Hall–Kier alpha value is -1.92. The van der Waals surface area contributed by atoms with Gasteiger partial charge in [-0.2, -0.15) is 0 Å². The Morgan fingerprint density at radius 3 is 3.13 bits per heavy atom. The van der Waals surface area contributed by atoms with Crippen molar-refractivity contribution in [1.82, 2.24) is 9.88 Å². The van der Waals surface area contributed by atoms with Crippen molar-refractivity contribution in [3.63, 3.8) is 0 Å². The van der Waals surface area contributed by atoms with Crippen molar-refractivity contribution in [2.75, 3.05) is 13.2 Å². The minimum absolute atomic E-state index is 0.0444. The summed E-state index contributed by atoms with van der Waals surface area (Å²) in [5.41, 5.74) is 1.16. The molecule has 1 aliphatic heterocycles. The third-order valence-electron chi connectivity index (χ3n) is 4.60. The summed E-state index contributed by atoms with van der Waals surface area (Å²) in [7, 11) is 0. The SMILES string of the molecule is Fc1cccnc1O[C@@H]1CC[C@@H]2[C@@H]1OCCN2Cc1ccoc1. The van der Waals surface area contributed by atoms with Crippen LogP contribution in [0.25, 0.3) is 0 Å². The number of fused-ring (bicyclic) bond motifs is 1. The number of aromatic nitrogens is 1. The molecule has 3 heterocycles. The number of morpholine rings is 1. The zero-order chi connectivity index (χ0) is 15.6. The van der Waals surface area contributed by atoms with Crippen molar-refractivity contribution in [1.29, 1.82) is 0 Å². The fourth-order valence-corrected chi connectivity index (χ4v) is 3.53. The molecular weight excluding hydrogens is 299 g/mol. The lowest BCUT2D eigenvalue weighted by atomic mass is 10.1. The lowest BCUT2D eigenvalue weighted by Gasteiger charge is -2.38. The molecule has 1 aliphatic carbocycles. The van der Waals surface area contributed by atoms with Gasteiger partial charge in [-0.15, -0.1) is 0 Å². The van der Waals surface area contributed by atoms with Crippen LogP contribution in [0.4, 0.5) is 4.39 Å². The van der Waals surface area contributed by atoms with Crippen LogP contribution in [0.2, 0.25) is 0 Å². The van der Waals surface area contributed by atoms with E-state index >= 15 is 0 Å². The Labute approximate surface area is 134 Å². The first-order valence-electron chi connectivity index (χ1n) is 7.95. The molecule has 5 nitrogen and oxygen atoms in total. The van der Waals surface area contributed by atoms with Crippen molar-refractivity contribution in [3.05, 3.63) is 48.3 Å². The maximum atomic E-state index is 13.7. The van der Waals surface area contributed by atoms with E-state index in [9.17, 15) is 4.39 Å². The molecule has 122 valence electrons. The summed E-state index contributed by atoms with van der Waals surface area (Å²) in [6.45, 7) is 2.38. The second-order valence-electron chi connectivity index (χ2n) is 6.03. The Morgan fingerprint density at radius 1 is 1.35 bits per heavy atom. The number of nitrogens with zero attached hydrogens (tertiary/aromatic N) is 2. The highest BCUT2D eigenvalue weighted by Gasteiger charge is 2.44. The van der Waals surface area contributed by atoms with Crippen LogP contribution in [0, 0.1) is 5.82 Å². The lowest BCUT2D eigenvalue weighted by Crippen LogP contribution is -2.51. The molecular formula is C17H19FN2O3. The summed E-state index contributed by atoms with van der Waals surface area (Å²) < 4.78 is 30.6. The highest BCUT2D eigenvalue weighted by Crippen LogP contribution is 2.33. The Kier molecular flexibility index (Phi) is 4.01. The number of pyridine rings is 1. The first kappa shape index (κ1) is 14.7. The standard InChI is InChI=1S/C17H19FN2O3/c18-13-2-1-6-19-17(13)23-15-4-3-14-16(15)22-9-7-20(14)10-12-5-8-21-11-12/h1-2,5-6,8,11,14-16H,3-4,7,9-10H2/t14-,15-,16+/m1/s1. The quantitative estimate of drug-likeness (QED) is 0.867. The van der Waals surface area contributed by atoms with Crippen LogP contribution >= 0.6 is 0 Å². The molecule has 4 rings (SSSR count). The van der Waals surface area contributed by atoms with Gasteiger partial charge in [-0.05, 0) is 31.0 Å². The van der Waals surface area contributed by atoms with Crippen LogP contribution in [-0.4, -0.2) is 41.3 Å². The van der Waals surface area contributed by atoms with Crippen molar-refractivity contribution < 1.29 is 18.3 Å². The topological polar surface area (TPSA) is 47.7 Å². The van der Waals surface area contributed by atoms with E-state index in [2.05, 4.69) is 9.88 Å². The average Bonchev–Trinajstić information content (AvgIpc) is 3.20. The molecule has 6 heteroatoms. The molecule has 0 bridgehead atoms. The van der Waals surface area contributed by atoms with Crippen molar-refractivity contribution in [3.8, 4) is 5.88 Å². The summed E-state index contributed by atoms with van der Waals surface area (Å²) in [5.74, 6) is -0.365. The summed E-state index contributed by atoms with van der Waals surface area (Å²) in [6, 6.07) is 5.19. The van der Waals surface area contributed by atoms with Crippen LogP contribution in [0.15, 0.2) is 41.3 Å². The monoisotopic (exact) mass is 318 g/mol. The van der Waals surface area contributed by atoms with Gasteiger partial charge < -0.3 is 13.9 Å². The van der Waals surface area contributed by atoms with Gasteiger partial charge in [0.1, 0.15) is 12.2 Å². The van der Waals surface area contributed by atoms with E-state index < -0.39 is 5.82 Å². The molecule has 1 saturated carbocycles. The van der Waals surface area contributed by atoms with Gasteiger partial charge in [0.15, 0.2) is 5.82 Å². The highest BCUT2D eigenvalue weighted by molar-refractivity contribution is 5.14. The molecule has 0 radical (unpaired) electrons. The molecule has 0 N–H and O–H groups in total. The number of hydrogen-bond donors (Lipinski definition) is 0. The summed E-state index contributed by atoms with van der Waals surface area (Å²) >= 11 is 0. The van der Waals surface area contributed by atoms with Crippen molar-refractivity contribution in [2.24, 2.45) is 0 Å². The Bertz CT molecular complexity index is 649. The number of furan rings is 1. The van der Waals surface area contributed by atoms with Crippen LogP contribution < -0.4 is 4.74 Å². The van der Waals surface area contributed by atoms with Crippen LogP contribution in [0.5, 0.6) is 5.88 Å². The second-order valence-corrected chi connectivity index (χ2v) is 6.03. The van der Waals surface area contributed by atoms with E-state index in [1.165, 1.54) is 12.3 Å². The highest BCUT2D eigenvalue weighted by atomic mass is 19.1. The van der Waals surface area contributed by atoms with Crippen LogP contribution in [-0.2, 0) is 11.3 Å². The Balaban J connectivity index is 1.46. The average molecular weight is 318 g/mol. The minimum Gasteiger partial charge on any atom is -0.472 e.